The Labute approximate surface area is 272 Å². The monoisotopic (exact) mass is 630 g/mol. The van der Waals surface area contributed by atoms with Gasteiger partial charge < -0.3 is 24.8 Å². The van der Waals surface area contributed by atoms with Crippen molar-refractivity contribution in [1.82, 2.24) is 5.32 Å². The van der Waals surface area contributed by atoms with E-state index in [2.05, 4.69) is 17.6 Å². The molecule has 0 radical (unpaired) electrons. The maximum atomic E-state index is 13.1. The molecule has 0 saturated carbocycles. The van der Waals surface area contributed by atoms with Crippen molar-refractivity contribution in [2.75, 3.05) is 19.0 Å². The third-order valence-electron chi connectivity index (χ3n) is 7.34. The molecule has 0 bridgehead atoms. The van der Waals surface area contributed by atoms with E-state index >= 15 is 0 Å². The van der Waals surface area contributed by atoms with Crippen LogP contribution in [0.25, 0.3) is 0 Å². The molecular weight excluding hydrogens is 584 g/mol. The number of amides is 2. The van der Waals surface area contributed by atoms with Gasteiger partial charge in [-0.2, -0.15) is 0 Å². The number of hydrogen-bond acceptors (Lipinski definition) is 7. The molecule has 3 aromatic rings. The molecule has 1 atom stereocenters. The van der Waals surface area contributed by atoms with Gasteiger partial charge >= 0.3 is 5.97 Å². The Morgan fingerprint density at radius 3 is 2.20 bits per heavy atom. The van der Waals surface area contributed by atoms with Gasteiger partial charge in [0.15, 0.2) is 17.3 Å². The molecule has 1 unspecified atom stereocenters. The first kappa shape index (κ1) is 35.8. The summed E-state index contributed by atoms with van der Waals surface area (Å²) in [6.07, 6.45) is 5.96. The molecular formula is C37H46N2O7. The summed E-state index contributed by atoms with van der Waals surface area (Å²) in [5, 5.41) is 5.60. The van der Waals surface area contributed by atoms with Gasteiger partial charge in [0.25, 0.3) is 5.91 Å². The molecule has 0 aliphatic carbocycles. The van der Waals surface area contributed by atoms with Gasteiger partial charge in [-0.05, 0) is 79.9 Å². The summed E-state index contributed by atoms with van der Waals surface area (Å²) < 4.78 is 16.9. The van der Waals surface area contributed by atoms with E-state index in [0.717, 1.165) is 12.8 Å². The molecule has 0 aliphatic rings. The summed E-state index contributed by atoms with van der Waals surface area (Å²) in [5.41, 5.74) is 1.25. The molecule has 0 aliphatic heterocycles. The van der Waals surface area contributed by atoms with Crippen LogP contribution in [0.15, 0.2) is 66.7 Å². The smallest absolute Gasteiger partial charge is 0.343 e. The van der Waals surface area contributed by atoms with Crippen LogP contribution < -0.4 is 24.8 Å². The number of rotatable bonds is 16. The average molecular weight is 631 g/mol. The van der Waals surface area contributed by atoms with E-state index < -0.39 is 23.3 Å². The normalized spacial score (nSPS) is 11.7. The molecule has 46 heavy (non-hydrogen) atoms. The van der Waals surface area contributed by atoms with Gasteiger partial charge in [-0.3, -0.25) is 14.4 Å². The van der Waals surface area contributed by atoms with E-state index in [1.54, 1.807) is 87.5 Å². The second-order valence-corrected chi connectivity index (χ2v) is 12.3. The van der Waals surface area contributed by atoms with Crippen molar-refractivity contribution < 1.29 is 33.4 Å². The van der Waals surface area contributed by atoms with E-state index in [4.69, 9.17) is 14.2 Å². The molecule has 0 fully saturated rings. The van der Waals surface area contributed by atoms with Gasteiger partial charge in [-0.25, -0.2) is 4.79 Å². The lowest BCUT2D eigenvalue weighted by atomic mass is 9.95. The van der Waals surface area contributed by atoms with Crippen molar-refractivity contribution in [3.63, 3.8) is 0 Å². The largest absolute Gasteiger partial charge is 0.494 e. The fourth-order valence-corrected chi connectivity index (χ4v) is 4.50. The van der Waals surface area contributed by atoms with Crippen LogP contribution in [-0.2, 0) is 16.0 Å². The van der Waals surface area contributed by atoms with Gasteiger partial charge in [0.1, 0.15) is 5.75 Å². The molecule has 9 heteroatoms. The summed E-state index contributed by atoms with van der Waals surface area (Å²) in [7, 11) is 1.46. The Morgan fingerprint density at radius 2 is 1.54 bits per heavy atom. The third-order valence-corrected chi connectivity index (χ3v) is 7.34. The molecule has 9 nitrogen and oxygen atoms in total. The number of carbonyl (C=O) groups excluding carboxylic acids is 4. The number of benzene rings is 3. The van der Waals surface area contributed by atoms with Crippen molar-refractivity contribution in [3.05, 3.63) is 83.4 Å². The van der Waals surface area contributed by atoms with Crippen molar-refractivity contribution in [2.24, 2.45) is 5.41 Å². The van der Waals surface area contributed by atoms with Gasteiger partial charge in [-0.15, -0.1) is 0 Å². The Morgan fingerprint density at radius 1 is 0.826 bits per heavy atom. The molecule has 0 aromatic heterocycles. The van der Waals surface area contributed by atoms with Crippen LogP contribution in [0.1, 0.15) is 93.0 Å². The Kier molecular flexibility index (Phi) is 13.4. The van der Waals surface area contributed by atoms with Gasteiger partial charge in [-0.1, -0.05) is 65.5 Å². The first-order valence-electron chi connectivity index (χ1n) is 15.8. The number of methoxy groups -OCH3 is 1. The van der Waals surface area contributed by atoms with Crippen molar-refractivity contribution in [2.45, 2.75) is 79.2 Å². The molecule has 0 saturated heterocycles. The molecule has 3 aromatic carbocycles. The zero-order chi connectivity index (χ0) is 33.7. The van der Waals surface area contributed by atoms with E-state index in [0.29, 0.717) is 40.5 Å². The highest BCUT2D eigenvalue weighted by Crippen LogP contribution is 2.30. The summed E-state index contributed by atoms with van der Waals surface area (Å²) in [5.74, 6) is -0.183. The first-order valence-corrected chi connectivity index (χ1v) is 15.8. The minimum absolute atomic E-state index is 0.180. The zero-order valence-electron chi connectivity index (χ0n) is 27.7. The minimum atomic E-state index is -0.824. The summed E-state index contributed by atoms with van der Waals surface area (Å²) >= 11 is 0. The second-order valence-electron chi connectivity index (χ2n) is 12.3. The number of anilines is 1. The topological polar surface area (TPSA) is 120 Å². The van der Waals surface area contributed by atoms with Crippen molar-refractivity contribution in [3.8, 4) is 17.2 Å². The number of Topliss-reactive ketones (excluding diaryl/α,β-unsaturated/α-hetero) is 1. The highest BCUT2D eigenvalue weighted by Gasteiger charge is 2.23. The SMILES string of the molecule is CCCCCCCOc1ccc(C(=O)Oc2ccc(CC(NC(=O)c3cccc(NC(=O)C(C)(C)C)c3)C(C)=O)cc2OC)cc1. The number of ketones is 1. The van der Waals surface area contributed by atoms with E-state index in [1.165, 1.54) is 33.3 Å². The fraction of sp³-hybridized carbons (Fsp3) is 0.405. The third kappa shape index (κ3) is 11.1. The molecule has 3 rings (SSSR count). The van der Waals surface area contributed by atoms with Crippen LogP contribution in [0.5, 0.6) is 17.2 Å². The van der Waals surface area contributed by atoms with Gasteiger partial charge in [0.2, 0.25) is 5.91 Å². The number of unbranched alkanes of at least 4 members (excludes halogenated alkanes) is 4. The molecule has 2 amide bonds. The predicted octanol–water partition coefficient (Wildman–Crippen LogP) is 7.18. The number of nitrogens with one attached hydrogen (secondary N) is 2. The van der Waals surface area contributed by atoms with E-state index in [9.17, 15) is 19.2 Å². The Hall–Kier alpha value is -4.66. The van der Waals surface area contributed by atoms with Crippen LogP contribution >= 0.6 is 0 Å². The lowest BCUT2D eigenvalue weighted by Crippen LogP contribution is -2.41. The lowest BCUT2D eigenvalue weighted by molar-refractivity contribution is -0.123. The predicted molar refractivity (Wildman–Crippen MR) is 179 cm³/mol. The lowest BCUT2D eigenvalue weighted by Gasteiger charge is -2.19. The van der Waals surface area contributed by atoms with Crippen LogP contribution in [0.2, 0.25) is 0 Å². The van der Waals surface area contributed by atoms with Crippen LogP contribution in [0.3, 0.4) is 0 Å². The number of carbonyl (C=O) groups is 4. The van der Waals surface area contributed by atoms with Crippen LogP contribution in [0.4, 0.5) is 5.69 Å². The Bertz CT molecular complexity index is 1490. The van der Waals surface area contributed by atoms with E-state index in [-0.39, 0.29) is 23.9 Å². The number of hydrogen-bond donors (Lipinski definition) is 2. The van der Waals surface area contributed by atoms with Crippen molar-refractivity contribution in [1.29, 1.82) is 0 Å². The fourth-order valence-electron chi connectivity index (χ4n) is 4.50. The quantitative estimate of drug-likeness (QED) is 0.0977. The highest BCUT2D eigenvalue weighted by atomic mass is 16.6. The van der Waals surface area contributed by atoms with Crippen LogP contribution in [0, 0.1) is 5.41 Å². The zero-order valence-corrected chi connectivity index (χ0v) is 27.7. The standard InChI is InChI=1S/C37H46N2O7/c1-7-8-9-10-11-21-45-30-18-16-27(17-19-30)35(42)46-32-20-15-26(23-33(32)44-6)22-31(25(2)40)39-34(41)28-13-12-14-29(24-28)38-36(43)37(3,4)5/h12-20,23-24,31H,7-11,21-22H2,1-6H3,(H,38,43)(H,39,41). The second kappa shape index (κ2) is 17.1. The Balaban J connectivity index is 1.61. The highest BCUT2D eigenvalue weighted by molar-refractivity contribution is 6.00. The number of esters is 1. The number of ether oxygens (including phenoxy) is 3. The van der Waals surface area contributed by atoms with E-state index in [1.807, 2.05) is 0 Å². The van der Waals surface area contributed by atoms with Gasteiger partial charge in [0.05, 0.1) is 25.3 Å². The maximum absolute atomic E-state index is 13.1. The minimum Gasteiger partial charge on any atom is -0.494 e. The average Bonchev–Trinajstić information content (AvgIpc) is 3.02. The summed E-state index contributed by atoms with van der Waals surface area (Å²) in [6.45, 7) is 9.62. The summed E-state index contributed by atoms with van der Waals surface area (Å²) in [6, 6.07) is 17.5. The van der Waals surface area contributed by atoms with Crippen molar-refractivity contribution >= 4 is 29.3 Å². The van der Waals surface area contributed by atoms with Crippen LogP contribution in [-0.4, -0.2) is 43.3 Å². The summed E-state index contributed by atoms with van der Waals surface area (Å²) in [4.78, 5) is 50.8. The molecule has 2 N–H and O–H groups in total. The van der Waals surface area contributed by atoms with Gasteiger partial charge in [0, 0.05) is 16.7 Å². The first-order chi connectivity index (χ1) is 21.9. The molecule has 246 valence electrons. The maximum Gasteiger partial charge on any atom is 0.343 e. The molecule has 0 spiro atoms. The molecule has 0 heterocycles.